The van der Waals surface area contributed by atoms with Crippen molar-refractivity contribution in [3.63, 3.8) is 0 Å². The minimum Gasteiger partial charge on any atom is -0.309 e. The van der Waals surface area contributed by atoms with Gasteiger partial charge in [-0.1, -0.05) is 6.08 Å². The Morgan fingerprint density at radius 2 is 2.27 bits per heavy atom. The van der Waals surface area contributed by atoms with Gasteiger partial charge in [0.15, 0.2) is 6.19 Å². The maximum atomic E-state index is 12.3. The van der Waals surface area contributed by atoms with Crippen molar-refractivity contribution < 1.29 is 4.79 Å². The average molecular weight is 298 g/mol. The molecule has 5 nitrogen and oxygen atoms in total. The van der Waals surface area contributed by atoms with Crippen LogP contribution in [0.25, 0.3) is 5.57 Å². The summed E-state index contributed by atoms with van der Waals surface area (Å²) < 4.78 is 0. The molecule has 0 atom stereocenters. The van der Waals surface area contributed by atoms with Crippen molar-refractivity contribution in [1.29, 1.82) is 5.26 Å². The third kappa shape index (κ3) is 3.02. The molecule has 0 spiro atoms. The van der Waals surface area contributed by atoms with Crippen LogP contribution in [-0.4, -0.2) is 47.9 Å². The van der Waals surface area contributed by atoms with Gasteiger partial charge in [-0.3, -0.25) is 9.78 Å². The molecule has 0 saturated heterocycles. The van der Waals surface area contributed by atoms with E-state index in [1.165, 1.54) is 10.5 Å². The highest BCUT2D eigenvalue weighted by Crippen LogP contribution is 2.30. The molecule has 0 aliphatic carbocycles. The van der Waals surface area contributed by atoms with Crippen LogP contribution >= 0.6 is 0 Å². The Morgan fingerprint density at radius 1 is 1.55 bits per heavy atom. The second-order valence-electron chi connectivity index (χ2n) is 5.82. The number of fused-ring (bicyclic) bond motifs is 1. The second-order valence-corrected chi connectivity index (χ2v) is 5.82. The number of rotatable bonds is 4. The summed E-state index contributed by atoms with van der Waals surface area (Å²) in [4.78, 5) is 19.9. The third-order valence-electron chi connectivity index (χ3n) is 4.02. The van der Waals surface area contributed by atoms with Crippen LogP contribution < -0.4 is 0 Å². The van der Waals surface area contributed by atoms with Crippen molar-refractivity contribution in [3.05, 3.63) is 34.7 Å². The molecule has 1 amide bonds. The van der Waals surface area contributed by atoms with Gasteiger partial charge in [0.2, 0.25) is 0 Å². The fourth-order valence-electron chi connectivity index (χ4n) is 2.84. The number of aryl methyl sites for hydroxylation is 1. The van der Waals surface area contributed by atoms with Gasteiger partial charge < -0.3 is 4.90 Å². The molecule has 0 aromatic carbocycles. The Morgan fingerprint density at radius 3 is 2.86 bits per heavy atom. The van der Waals surface area contributed by atoms with E-state index < -0.39 is 0 Å². The smallest absolute Gasteiger partial charge is 0.285 e. The molecule has 1 aromatic heterocycles. The number of carbonyl (C=O) groups excluding carboxylic acids is 1. The Balaban J connectivity index is 2.47. The summed E-state index contributed by atoms with van der Waals surface area (Å²) in [6.07, 6.45) is 7.40. The SMILES string of the molecule is C/C=C(/CCN(C)C)c1c(C)cnc2c1CCN(C#N)C2=O. The van der Waals surface area contributed by atoms with E-state index in [0.717, 1.165) is 29.7 Å². The fourth-order valence-corrected chi connectivity index (χ4v) is 2.84. The lowest BCUT2D eigenvalue weighted by Gasteiger charge is -2.25. The molecule has 0 radical (unpaired) electrons. The van der Waals surface area contributed by atoms with Crippen LogP contribution in [0.2, 0.25) is 0 Å². The number of pyridine rings is 1. The molecular weight excluding hydrogens is 276 g/mol. The van der Waals surface area contributed by atoms with E-state index in [1.54, 1.807) is 6.20 Å². The summed E-state index contributed by atoms with van der Waals surface area (Å²) in [5, 5.41) is 9.02. The first-order chi connectivity index (χ1) is 10.5. The molecule has 0 N–H and O–H groups in total. The number of nitrogens with zero attached hydrogens (tertiary/aromatic N) is 4. The number of hydrogen-bond donors (Lipinski definition) is 0. The molecule has 116 valence electrons. The molecule has 0 unspecified atom stereocenters. The van der Waals surface area contributed by atoms with Crippen LogP contribution in [0.15, 0.2) is 12.3 Å². The summed E-state index contributed by atoms with van der Waals surface area (Å²) >= 11 is 0. The highest BCUT2D eigenvalue weighted by atomic mass is 16.2. The monoisotopic (exact) mass is 298 g/mol. The zero-order chi connectivity index (χ0) is 16.3. The molecule has 2 heterocycles. The van der Waals surface area contributed by atoms with E-state index in [2.05, 4.69) is 30.1 Å². The lowest BCUT2D eigenvalue weighted by atomic mass is 9.89. The molecule has 5 heteroatoms. The molecule has 1 aliphatic heterocycles. The zero-order valence-corrected chi connectivity index (χ0v) is 13.7. The van der Waals surface area contributed by atoms with Gasteiger partial charge in [0.05, 0.1) is 0 Å². The van der Waals surface area contributed by atoms with Gasteiger partial charge in [0, 0.05) is 19.3 Å². The summed E-state index contributed by atoms with van der Waals surface area (Å²) in [6.45, 7) is 5.45. The van der Waals surface area contributed by atoms with Crippen molar-refractivity contribution in [1.82, 2.24) is 14.8 Å². The fraction of sp³-hybridized carbons (Fsp3) is 0.471. The first-order valence-corrected chi connectivity index (χ1v) is 7.50. The number of aromatic nitrogens is 1. The number of nitriles is 1. The van der Waals surface area contributed by atoms with Gasteiger partial charge in [-0.05, 0) is 63.0 Å². The minimum atomic E-state index is -0.284. The first kappa shape index (κ1) is 16.2. The normalized spacial score (nSPS) is 15.0. The average Bonchev–Trinajstić information content (AvgIpc) is 2.49. The minimum absolute atomic E-state index is 0.284. The van der Waals surface area contributed by atoms with Crippen LogP contribution in [0.1, 0.15) is 40.5 Å². The summed E-state index contributed by atoms with van der Waals surface area (Å²) in [5.74, 6) is -0.284. The maximum Gasteiger partial charge on any atom is 0.285 e. The molecular formula is C17H22N4O. The molecule has 1 aromatic rings. The second kappa shape index (κ2) is 6.71. The molecule has 0 bridgehead atoms. The lowest BCUT2D eigenvalue weighted by molar-refractivity contribution is 0.0813. The van der Waals surface area contributed by atoms with E-state index in [0.29, 0.717) is 18.7 Å². The van der Waals surface area contributed by atoms with E-state index in [1.807, 2.05) is 20.0 Å². The lowest BCUT2D eigenvalue weighted by Crippen LogP contribution is -2.35. The van der Waals surface area contributed by atoms with Crippen molar-refractivity contribution in [2.45, 2.75) is 26.7 Å². The zero-order valence-electron chi connectivity index (χ0n) is 13.7. The quantitative estimate of drug-likeness (QED) is 0.800. The highest BCUT2D eigenvalue weighted by molar-refractivity contribution is 5.97. The summed E-state index contributed by atoms with van der Waals surface area (Å²) in [6, 6.07) is 0. The van der Waals surface area contributed by atoms with Crippen LogP contribution in [0.3, 0.4) is 0 Å². The Labute approximate surface area is 131 Å². The van der Waals surface area contributed by atoms with Crippen LogP contribution in [0, 0.1) is 18.4 Å². The maximum absolute atomic E-state index is 12.3. The van der Waals surface area contributed by atoms with Gasteiger partial charge >= 0.3 is 0 Å². The predicted molar refractivity (Wildman–Crippen MR) is 86.1 cm³/mol. The molecule has 0 saturated carbocycles. The molecule has 22 heavy (non-hydrogen) atoms. The number of carbonyl (C=O) groups is 1. The third-order valence-corrected chi connectivity index (χ3v) is 4.02. The number of hydrogen-bond acceptors (Lipinski definition) is 4. The van der Waals surface area contributed by atoms with Crippen LogP contribution in [0.5, 0.6) is 0 Å². The summed E-state index contributed by atoms with van der Waals surface area (Å²) in [7, 11) is 4.10. The van der Waals surface area contributed by atoms with Crippen molar-refractivity contribution in [2.24, 2.45) is 0 Å². The Hall–Kier alpha value is -2.19. The van der Waals surface area contributed by atoms with Crippen molar-refractivity contribution in [2.75, 3.05) is 27.2 Å². The Bertz CT molecular complexity index is 655. The molecule has 0 fully saturated rings. The van der Waals surface area contributed by atoms with Gasteiger partial charge in [-0.15, -0.1) is 0 Å². The first-order valence-electron chi connectivity index (χ1n) is 7.50. The Kier molecular flexibility index (Phi) is 4.94. The predicted octanol–water partition coefficient (Wildman–Crippen LogP) is 2.22. The van der Waals surface area contributed by atoms with Crippen molar-refractivity contribution in [3.8, 4) is 6.19 Å². The van der Waals surface area contributed by atoms with Crippen LogP contribution in [0.4, 0.5) is 0 Å². The number of allylic oxidation sites excluding steroid dienone is 1. The molecule has 1 aliphatic rings. The topological polar surface area (TPSA) is 60.2 Å². The van der Waals surface area contributed by atoms with E-state index >= 15 is 0 Å². The van der Waals surface area contributed by atoms with E-state index in [4.69, 9.17) is 5.26 Å². The van der Waals surface area contributed by atoms with E-state index in [9.17, 15) is 4.79 Å². The van der Waals surface area contributed by atoms with E-state index in [-0.39, 0.29) is 5.91 Å². The molecule has 2 rings (SSSR count). The largest absolute Gasteiger partial charge is 0.309 e. The van der Waals surface area contributed by atoms with Gasteiger partial charge in [-0.2, -0.15) is 5.26 Å². The van der Waals surface area contributed by atoms with Gasteiger partial charge in [-0.25, -0.2) is 4.90 Å². The van der Waals surface area contributed by atoms with Crippen molar-refractivity contribution >= 4 is 11.5 Å². The van der Waals surface area contributed by atoms with Gasteiger partial charge in [0.1, 0.15) is 5.69 Å². The summed E-state index contributed by atoms with van der Waals surface area (Å²) in [5.41, 5.74) is 4.88. The highest BCUT2D eigenvalue weighted by Gasteiger charge is 2.29. The van der Waals surface area contributed by atoms with Gasteiger partial charge in [0.25, 0.3) is 5.91 Å². The van der Waals surface area contributed by atoms with Crippen LogP contribution in [-0.2, 0) is 6.42 Å². The number of amides is 1. The standard InChI is InChI=1S/C17H22N4O/c1-5-13(6-8-20(3)4)15-12(2)10-19-16-14(15)7-9-21(11-18)17(16)22/h5,10H,6-9H2,1-4H3/b13-5-.